The molecule has 1 nitrogen and oxygen atoms in total. The lowest BCUT2D eigenvalue weighted by atomic mass is 9.79. The minimum absolute atomic E-state index is 0.789. The van der Waals surface area contributed by atoms with Crippen LogP contribution >= 0.6 is 11.3 Å². The highest BCUT2D eigenvalue weighted by Gasteiger charge is 2.30. The zero-order chi connectivity index (χ0) is 9.97. The van der Waals surface area contributed by atoms with Crippen LogP contribution in [0.2, 0.25) is 0 Å². The maximum absolute atomic E-state index is 3.51. The maximum atomic E-state index is 3.51. The summed E-state index contributed by atoms with van der Waals surface area (Å²) in [6, 6.07) is 5.41. The van der Waals surface area contributed by atoms with Crippen LogP contribution in [0.15, 0.2) is 12.1 Å². The Morgan fingerprint density at radius 1 is 1.36 bits per heavy atom. The number of nitrogens with one attached hydrogen (secondary N) is 1. The first kappa shape index (κ1) is 10.2. The fourth-order valence-electron chi connectivity index (χ4n) is 2.11. The number of hydrogen-bond donors (Lipinski definition) is 1. The summed E-state index contributed by atoms with van der Waals surface area (Å²) in [5.74, 6) is 0.851. The third-order valence-corrected chi connectivity index (χ3v) is 4.46. The van der Waals surface area contributed by atoms with E-state index in [1.807, 2.05) is 11.3 Å². The van der Waals surface area contributed by atoms with Crippen molar-refractivity contribution in [3.05, 3.63) is 21.9 Å². The molecule has 0 bridgehead atoms. The van der Waals surface area contributed by atoms with Crippen LogP contribution in [0, 0.1) is 0 Å². The lowest BCUT2D eigenvalue weighted by Gasteiger charge is -2.35. The monoisotopic (exact) mass is 209 g/mol. The van der Waals surface area contributed by atoms with E-state index in [1.165, 1.54) is 24.1 Å². The maximum Gasteiger partial charge on any atom is 0.00803 e. The van der Waals surface area contributed by atoms with Crippen LogP contribution in [-0.4, -0.2) is 12.6 Å². The van der Waals surface area contributed by atoms with Crippen molar-refractivity contribution >= 4 is 11.3 Å². The molecule has 0 atom stereocenters. The second-order valence-corrected chi connectivity index (χ2v) is 5.28. The Hall–Kier alpha value is -0.340. The molecular formula is C12H19NS. The third-order valence-electron chi connectivity index (χ3n) is 3.06. The molecule has 1 heterocycles. The highest BCUT2D eigenvalue weighted by molar-refractivity contribution is 7.12. The number of aryl methyl sites for hydroxylation is 1. The molecular weight excluding hydrogens is 190 g/mol. The molecule has 0 spiro atoms. The van der Waals surface area contributed by atoms with Crippen molar-refractivity contribution in [3.63, 3.8) is 0 Å². The summed E-state index contributed by atoms with van der Waals surface area (Å²) in [5, 5.41) is 3.51. The standard InChI is InChI=1S/C12H19NS/c1-3-11-5-6-12(14-11)9-7-10(8-9)13-4-2/h5-6,9-10,13H,3-4,7-8H2,1-2H3. The van der Waals surface area contributed by atoms with Crippen molar-refractivity contribution in [1.82, 2.24) is 5.32 Å². The Kier molecular flexibility index (Phi) is 3.24. The Balaban J connectivity index is 1.86. The van der Waals surface area contributed by atoms with Crippen LogP contribution in [0.25, 0.3) is 0 Å². The summed E-state index contributed by atoms with van der Waals surface area (Å²) >= 11 is 2.01. The first-order valence-corrected chi connectivity index (χ1v) is 6.47. The van der Waals surface area contributed by atoms with E-state index in [0.29, 0.717) is 0 Å². The highest BCUT2D eigenvalue weighted by atomic mass is 32.1. The summed E-state index contributed by atoms with van der Waals surface area (Å²) < 4.78 is 0. The molecule has 1 aromatic heterocycles. The molecule has 1 fully saturated rings. The topological polar surface area (TPSA) is 12.0 Å². The summed E-state index contributed by atoms with van der Waals surface area (Å²) in [6.45, 7) is 5.54. The molecule has 1 aromatic rings. The Labute approximate surface area is 90.5 Å². The normalized spacial score (nSPS) is 26.1. The second kappa shape index (κ2) is 4.45. The van der Waals surface area contributed by atoms with Gasteiger partial charge < -0.3 is 5.32 Å². The van der Waals surface area contributed by atoms with Crippen LogP contribution < -0.4 is 5.32 Å². The van der Waals surface area contributed by atoms with E-state index in [9.17, 15) is 0 Å². The van der Waals surface area contributed by atoms with Crippen LogP contribution in [0.5, 0.6) is 0 Å². The fourth-order valence-corrected chi connectivity index (χ4v) is 3.19. The van der Waals surface area contributed by atoms with Gasteiger partial charge in [0.05, 0.1) is 0 Å². The number of rotatable bonds is 4. The largest absolute Gasteiger partial charge is 0.314 e. The molecule has 2 heteroatoms. The van der Waals surface area contributed by atoms with Gasteiger partial charge in [-0.3, -0.25) is 0 Å². The van der Waals surface area contributed by atoms with E-state index in [-0.39, 0.29) is 0 Å². The average Bonchev–Trinajstić information content (AvgIpc) is 2.58. The number of thiophene rings is 1. The molecule has 0 aromatic carbocycles. The van der Waals surface area contributed by atoms with Crippen LogP contribution in [0.1, 0.15) is 42.4 Å². The van der Waals surface area contributed by atoms with E-state index in [4.69, 9.17) is 0 Å². The van der Waals surface area contributed by atoms with Crippen molar-refractivity contribution < 1.29 is 0 Å². The smallest absolute Gasteiger partial charge is 0.00803 e. The predicted octanol–water partition coefficient (Wildman–Crippen LogP) is 3.17. The van der Waals surface area contributed by atoms with Crippen molar-refractivity contribution in [1.29, 1.82) is 0 Å². The van der Waals surface area contributed by atoms with Crippen LogP contribution in [-0.2, 0) is 6.42 Å². The average molecular weight is 209 g/mol. The third kappa shape index (κ3) is 2.01. The summed E-state index contributed by atoms with van der Waals surface area (Å²) in [4.78, 5) is 3.14. The van der Waals surface area contributed by atoms with Gasteiger partial charge in [-0.1, -0.05) is 13.8 Å². The van der Waals surface area contributed by atoms with Gasteiger partial charge in [-0.2, -0.15) is 0 Å². The first-order chi connectivity index (χ1) is 6.83. The van der Waals surface area contributed by atoms with Gasteiger partial charge in [-0.05, 0) is 43.9 Å². The van der Waals surface area contributed by atoms with Crippen molar-refractivity contribution in [2.45, 2.75) is 45.1 Å². The zero-order valence-corrected chi connectivity index (χ0v) is 9.86. The van der Waals surface area contributed by atoms with Gasteiger partial charge in [0, 0.05) is 15.8 Å². The molecule has 0 radical (unpaired) electrons. The molecule has 14 heavy (non-hydrogen) atoms. The Bertz CT molecular complexity index is 286. The lowest BCUT2D eigenvalue weighted by molar-refractivity contribution is 0.299. The van der Waals surface area contributed by atoms with E-state index in [1.54, 1.807) is 4.88 Å². The Morgan fingerprint density at radius 3 is 2.71 bits per heavy atom. The molecule has 0 saturated heterocycles. The SMILES string of the molecule is CCNC1CC(c2ccc(CC)s2)C1. The summed E-state index contributed by atoms with van der Waals surface area (Å²) in [6.07, 6.45) is 3.88. The van der Waals surface area contributed by atoms with E-state index in [2.05, 4.69) is 31.3 Å². The summed E-state index contributed by atoms with van der Waals surface area (Å²) in [5.41, 5.74) is 0. The van der Waals surface area contributed by atoms with Gasteiger partial charge >= 0.3 is 0 Å². The van der Waals surface area contributed by atoms with Gasteiger partial charge in [0.2, 0.25) is 0 Å². The first-order valence-electron chi connectivity index (χ1n) is 5.65. The van der Waals surface area contributed by atoms with E-state index in [0.717, 1.165) is 18.5 Å². The second-order valence-electron chi connectivity index (χ2n) is 4.08. The molecule has 2 rings (SSSR count). The van der Waals surface area contributed by atoms with Crippen molar-refractivity contribution in [2.24, 2.45) is 0 Å². The van der Waals surface area contributed by atoms with Crippen LogP contribution in [0.3, 0.4) is 0 Å². The van der Waals surface area contributed by atoms with Gasteiger partial charge in [0.15, 0.2) is 0 Å². The molecule has 1 saturated carbocycles. The molecule has 0 unspecified atom stereocenters. The number of hydrogen-bond acceptors (Lipinski definition) is 2. The lowest BCUT2D eigenvalue weighted by Crippen LogP contribution is -2.39. The van der Waals surface area contributed by atoms with Gasteiger partial charge in [-0.15, -0.1) is 11.3 Å². The van der Waals surface area contributed by atoms with Gasteiger partial charge in [0.1, 0.15) is 0 Å². The van der Waals surface area contributed by atoms with Crippen molar-refractivity contribution in [3.8, 4) is 0 Å². The Morgan fingerprint density at radius 2 is 2.14 bits per heavy atom. The van der Waals surface area contributed by atoms with Crippen LogP contribution in [0.4, 0.5) is 0 Å². The predicted molar refractivity (Wildman–Crippen MR) is 63.1 cm³/mol. The van der Waals surface area contributed by atoms with E-state index < -0.39 is 0 Å². The summed E-state index contributed by atoms with van der Waals surface area (Å²) in [7, 11) is 0. The van der Waals surface area contributed by atoms with Crippen molar-refractivity contribution in [2.75, 3.05) is 6.54 Å². The van der Waals surface area contributed by atoms with E-state index >= 15 is 0 Å². The molecule has 78 valence electrons. The quantitative estimate of drug-likeness (QED) is 0.803. The van der Waals surface area contributed by atoms with Gasteiger partial charge in [0.25, 0.3) is 0 Å². The molecule has 0 aliphatic heterocycles. The minimum atomic E-state index is 0.789. The molecule has 1 aliphatic carbocycles. The minimum Gasteiger partial charge on any atom is -0.314 e. The van der Waals surface area contributed by atoms with Gasteiger partial charge in [-0.25, -0.2) is 0 Å². The highest BCUT2D eigenvalue weighted by Crippen LogP contribution is 2.40. The molecule has 1 aliphatic rings. The molecule has 1 N–H and O–H groups in total. The zero-order valence-electron chi connectivity index (χ0n) is 9.05. The molecule has 0 amide bonds. The fraction of sp³-hybridized carbons (Fsp3) is 0.667.